The molecule has 12 atom stereocenters. The minimum Gasteiger partial charge on any atom is -0.302 e. The van der Waals surface area contributed by atoms with E-state index in [0.717, 1.165) is 14.2 Å². The number of hydrogen-bond acceptors (Lipinski definition) is 19. The van der Waals surface area contributed by atoms with Gasteiger partial charge in [-0.25, -0.2) is 27.4 Å². The number of hydrogen-bond donors (Lipinski definition) is 4. The summed E-state index contributed by atoms with van der Waals surface area (Å²) in [6, 6.07) is 0. The van der Waals surface area contributed by atoms with Crippen molar-refractivity contribution >= 4 is 46.9 Å². The van der Waals surface area contributed by atoms with E-state index in [0.29, 0.717) is 28.4 Å². The second kappa shape index (κ2) is 14.0. The van der Waals surface area contributed by atoms with Crippen LogP contribution >= 0.6 is 46.9 Å². The lowest BCUT2D eigenvalue weighted by Crippen LogP contribution is -2.66. The van der Waals surface area contributed by atoms with Gasteiger partial charge in [0.05, 0.1) is 0 Å². The summed E-state index contributed by atoms with van der Waals surface area (Å²) in [7, 11) is -27.2. The van der Waals surface area contributed by atoms with Crippen LogP contribution < -0.4 is 0 Å². The van der Waals surface area contributed by atoms with E-state index in [1.54, 1.807) is 0 Å². The normalized spacial score (nSPS) is 40.2. The summed E-state index contributed by atoms with van der Waals surface area (Å²) < 4.78 is 138. The monoisotopic (exact) mass is 726 g/mol. The molecule has 0 aromatic heterocycles. The molecule has 2 aliphatic rings. The first-order valence-corrected chi connectivity index (χ1v) is 19.2. The van der Waals surface area contributed by atoms with Crippen molar-refractivity contribution in [2.45, 2.75) is 36.6 Å². The minimum atomic E-state index is -5.29. The third-order valence-corrected chi connectivity index (χ3v) is 12.4. The maximum Gasteiger partial charge on any atom is 0.483 e. The van der Waals surface area contributed by atoms with Crippen molar-refractivity contribution in [1.29, 1.82) is 0 Å². The fourth-order valence-electron chi connectivity index (χ4n) is 3.24. The Hall–Kier alpha value is 0.700. The molecule has 0 aromatic rings. The molecule has 2 fully saturated rings. The van der Waals surface area contributed by atoms with E-state index in [4.69, 9.17) is 31.5 Å². The van der Waals surface area contributed by atoms with Crippen LogP contribution in [0.2, 0.25) is 0 Å². The highest BCUT2D eigenvalue weighted by Crippen LogP contribution is 2.71. The first-order chi connectivity index (χ1) is 18.6. The Morgan fingerprint density at radius 3 is 0.976 bits per heavy atom. The van der Waals surface area contributed by atoms with Gasteiger partial charge in [-0.05, 0) is 0 Å². The minimum absolute atomic E-state index is 0.657. The van der Waals surface area contributed by atoms with Gasteiger partial charge in [0, 0.05) is 42.7 Å². The van der Waals surface area contributed by atoms with Gasteiger partial charge < -0.3 is 19.6 Å². The maximum absolute atomic E-state index is 13.2. The summed E-state index contributed by atoms with van der Waals surface area (Å²) in [4.78, 5) is 40.3. The van der Waals surface area contributed by atoms with Crippen molar-refractivity contribution in [3.63, 3.8) is 0 Å². The Kier molecular flexibility index (Phi) is 12.9. The average molecular weight is 726 g/mol. The van der Waals surface area contributed by atoms with Gasteiger partial charge in [0.25, 0.3) is 0 Å². The van der Waals surface area contributed by atoms with Crippen molar-refractivity contribution in [1.82, 2.24) is 0 Å². The lowest BCUT2D eigenvalue weighted by molar-refractivity contribution is -0.198. The molecular formula is C12H28O23P6. The second-order valence-electron chi connectivity index (χ2n) is 7.37. The van der Waals surface area contributed by atoms with Crippen LogP contribution in [-0.2, 0) is 86.0 Å². The molecule has 1 saturated heterocycles. The lowest BCUT2D eigenvalue weighted by atomic mass is 9.85. The van der Waals surface area contributed by atoms with Gasteiger partial charge in [-0.15, -0.1) is 0 Å². The molecule has 1 heterocycles. The molecule has 0 aromatic carbocycles. The van der Waals surface area contributed by atoms with Crippen LogP contribution in [-0.4, -0.2) is 98.9 Å². The van der Waals surface area contributed by atoms with Crippen molar-refractivity contribution in [3.05, 3.63) is 0 Å². The molecule has 0 amide bonds. The van der Waals surface area contributed by atoms with Crippen molar-refractivity contribution in [3.8, 4) is 0 Å². The molecule has 23 nitrogen and oxygen atoms in total. The molecular weight excluding hydrogens is 698 g/mol. The summed E-state index contributed by atoms with van der Waals surface area (Å²) in [6.07, 6.45) is -14.7. The van der Waals surface area contributed by atoms with E-state index in [2.05, 4.69) is 27.1 Å². The summed E-state index contributed by atoms with van der Waals surface area (Å²) >= 11 is 0. The zero-order valence-corrected chi connectivity index (χ0v) is 27.1. The molecule has 1 aliphatic carbocycles. The predicted octanol–water partition coefficient (Wildman–Crippen LogP) is 1.84. The highest BCUT2D eigenvalue weighted by molar-refractivity contribution is 7.62. The Bertz CT molecular complexity index is 1120. The van der Waals surface area contributed by atoms with Crippen molar-refractivity contribution < 1.29 is 106 Å². The predicted molar refractivity (Wildman–Crippen MR) is 127 cm³/mol. The SMILES string of the molecule is COP(=O)(O)OC1C(OP(=O)(O)OC)C(OP(=O)(O)OC)C2OP(=O)(OC)OP(=O)(OC)OC2C1OP(=O)(O)OC. The van der Waals surface area contributed by atoms with Gasteiger partial charge in [-0.2, -0.15) is 4.31 Å². The largest absolute Gasteiger partial charge is 0.483 e. The molecule has 1 saturated carbocycles. The van der Waals surface area contributed by atoms with Gasteiger partial charge in [0.15, 0.2) is 0 Å². The lowest BCUT2D eigenvalue weighted by Gasteiger charge is -2.48. The Morgan fingerprint density at radius 1 is 0.512 bits per heavy atom. The molecule has 12 unspecified atom stereocenters. The number of phosphoric acid groups is 6. The molecule has 0 radical (unpaired) electrons. The third kappa shape index (κ3) is 9.84. The summed E-state index contributed by atoms with van der Waals surface area (Å²) in [5.74, 6) is 0. The van der Waals surface area contributed by atoms with Crippen LogP contribution in [0.15, 0.2) is 0 Å². The van der Waals surface area contributed by atoms with E-state index in [9.17, 15) is 47.0 Å². The Balaban J connectivity index is 2.97. The zero-order valence-electron chi connectivity index (χ0n) is 21.7. The highest BCUT2D eigenvalue weighted by Gasteiger charge is 2.65. The van der Waals surface area contributed by atoms with Gasteiger partial charge in [-0.1, -0.05) is 0 Å². The molecule has 41 heavy (non-hydrogen) atoms. The van der Waals surface area contributed by atoms with Crippen molar-refractivity contribution in [2.75, 3.05) is 42.7 Å². The van der Waals surface area contributed by atoms with E-state index < -0.39 is 83.6 Å². The molecule has 244 valence electrons. The van der Waals surface area contributed by atoms with E-state index in [1.807, 2.05) is 0 Å². The van der Waals surface area contributed by atoms with Crippen LogP contribution in [0, 0.1) is 0 Å². The summed E-state index contributed by atoms with van der Waals surface area (Å²) in [6.45, 7) is 0. The third-order valence-electron chi connectivity index (χ3n) is 5.03. The smallest absolute Gasteiger partial charge is 0.302 e. The molecule has 0 spiro atoms. The molecule has 4 N–H and O–H groups in total. The molecule has 2 rings (SSSR count). The van der Waals surface area contributed by atoms with E-state index >= 15 is 0 Å². The average Bonchev–Trinajstić information content (AvgIpc) is 3.02. The first kappa shape index (κ1) is 37.9. The Morgan fingerprint density at radius 2 is 0.756 bits per heavy atom. The van der Waals surface area contributed by atoms with E-state index in [1.165, 1.54) is 0 Å². The quantitative estimate of drug-likeness (QED) is 0.186. The number of fused-ring (bicyclic) bond motifs is 1. The van der Waals surface area contributed by atoms with E-state index in [-0.39, 0.29) is 0 Å². The maximum atomic E-state index is 13.2. The number of phosphoric ester groups is 6. The van der Waals surface area contributed by atoms with Crippen LogP contribution in [0.5, 0.6) is 0 Å². The molecule has 29 heteroatoms. The Labute approximate surface area is 232 Å². The summed E-state index contributed by atoms with van der Waals surface area (Å²) in [5, 5.41) is 0. The van der Waals surface area contributed by atoms with Gasteiger partial charge in [-0.3, -0.25) is 54.3 Å². The zero-order chi connectivity index (χ0) is 31.7. The molecule has 1 aliphatic heterocycles. The van der Waals surface area contributed by atoms with Crippen molar-refractivity contribution in [2.24, 2.45) is 0 Å². The van der Waals surface area contributed by atoms with Gasteiger partial charge in [0.2, 0.25) is 0 Å². The first-order valence-electron chi connectivity index (χ1n) is 10.3. The summed E-state index contributed by atoms with van der Waals surface area (Å²) in [5.41, 5.74) is 0. The van der Waals surface area contributed by atoms with Gasteiger partial charge >= 0.3 is 46.9 Å². The topological polar surface area (TPSA) is 303 Å². The van der Waals surface area contributed by atoms with Crippen LogP contribution in [0.3, 0.4) is 0 Å². The van der Waals surface area contributed by atoms with Crippen LogP contribution in [0.1, 0.15) is 0 Å². The van der Waals surface area contributed by atoms with Gasteiger partial charge in [0.1, 0.15) is 36.6 Å². The standard InChI is InChI=1S/C12H28O23P6/c1-23-36(13,14)29-7-8(30-37(15,16)24-2)10(32-39(19,20)26-4)12-11(9(7)31-38(17,18)25-3)33-40(21,27-5)35-41(22,28-6)34-12/h7-12H,1-6H3,(H,13,14)(H,15,16)(H,17,18)(H,19,20). The second-order valence-corrected chi connectivity index (χ2v) is 17.0. The highest BCUT2D eigenvalue weighted by atomic mass is 31.3. The number of rotatable bonds is 14. The fourth-order valence-corrected chi connectivity index (χ4v) is 8.84. The molecule has 0 bridgehead atoms. The van der Waals surface area contributed by atoms with Crippen LogP contribution in [0.25, 0.3) is 0 Å². The van der Waals surface area contributed by atoms with Crippen LogP contribution in [0.4, 0.5) is 0 Å². The fraction of sp³-hybridized carbons (Fsp3) is 1.00.